The molecule has 1 unspecified atom stereocenters. The summed E-state index contributed by atoms with van der Waals surface area (Å²) in [5, 5.41) is 0. The molecule has 1 aliphatic rings. The molecule has 0 radical (unpaired) electrons. The average molecular weight is 218 g/mol. The van der Waals surface area contributed by atoms with Gasteiger partial charge in [0.05, 0.1) is 11.4 Å². The van der Waals surface area contributed by atoms with Crippen molar-refractivity contribution in [2.24, 2.45) is 0 Å². The van der Waals surface area contributed by atoms with Crippen molar-refractivity contribution >= 4 is 17.1 Å². The fourth-order valence-electron chi connectivity index (χ4n) is 0.946. The zero-order valence-corrected chi connectivity index (χ0v) is 11.1. The molecule has 1 N–H and O–H groups in total. The van der Waals surface area contributed by atoms with Gasteiger partial charge in [0.25, 0.3) is 0 Å². The third kappa shape index (κ3) is 13.9. The quantitative estimate of drug-likeness (QED) is 0.372. The smallest absolute Gasteiger partial charge is 0.750 e. The van der Waals surface area contributed by atoms with Crippen LogP contribution in [-0.2, 0) is 16.2 Å². The van der Waals surface area contributed by atoms with Gasteiger partial charge >= 0.3 is 51.4 Å². The van der Waals surface area contributed by atoms with Gasteiger partial charge in [0.1, 0.15) is 5.78 Å². The standard InChI is InChI=1S/C6H10O.K.H2O3S/c7-6-4-2-1-3-5-6;;1-4(2)3/h1-5H2;;(H2,1,2,3)/q;+1;/p-1. The molecule has 1 saturated carbocycles. The number of rotatable bonds is 0. The zero-order valence-electron chi connectivity index (χ0n) is 7.12. The summed E-state index contributed by atoms with van der Waals surface area (Å²) in [5.74, 6) is 0.464. The predicted octanol–water partition coefficient (Wildman–Crippen LogP) is -2.14. The molecule has 1 atom stereocenters. The number of ketones is 1. The second-order valence-corrected chi connectivity index (χ2v) is 2.75. The minimum absolute atomic E-state index is 0. The minimum atomic E-state index is -2.86. The van der Waals surface area contributed by atoms with Crippen molar-refractivity contribution < 1.29 is 69.5 Å². The summed E-state index contributed by atoms with van der Waals surface area (Å²) >= 11 is -2.86. The fourth-order valence-corrected chi connectivity index (χ4v) is 0.946. The molecule has 1 rings (SSSR count). The summed E-state index contributed by atoms with van der Waals surface area (Å²) in [7, 11) is 0. The Morgan fingerprint density at radius 3 is 1.75 bits per heavy atom. The Hall–Kier alpha value is 1.38. The van der Waals surface area contributed by atoms with E-state index in [0.717, 1.165) is 25.7 Å². The Morgan fingerprint density at radius 1 is 1.25 bits per heavy atom. The van der Waals surface area contributed by atoms with Gasteiger partial charge < -0.3 is 9.11 Å². The van der Waals surface area contributed by atoms with Gasteiger partial charge in [0, 0.05) is 12.8 Å². The van der Waals surface area contributed by atoms with Crippen molar-refractivity contribution in [3.63, 3.8) is 0 Å². The van der Waals surface area contributed by atoms with E-state index in [9.17, 15) is 4.79 Å². The number of carbonyl (C=O) groups excluding carboxylic acids is 1. The summed E-state index contributed by atoms with van der Waals surface area (Å²) in [6.07, 6.45) is 5.24. The van der Waals surface area contributed by atoms with E-state index in [4.69, 9.17) is 13.3 Å². The number of Topliss-reactive ketones (excluding diaryl/α,β-unsaturated/α-hetero) is 1. The van der Waals surface area contributed by atoms with Crippen molar-refractivity contribution in [2.75, 3.05) is 0 Å². The van der Waals surface area contributed by atoms with Gasteiger partial charge in [-0.2, -0.15) is 0 Å². The van der Waals surface area contributed by atoms with E-state index in [2.05, 4.69) is 0 Å². The third-order valence-corrected chi connectivity index (χ3v) is 1.41. The summed E-state index contributed by atoms with van der Waals surface area (Å²) < 4.78 is 24.1. The molecule has 0 saturated heterocycles. The molecule has 0 heterocycles. The molecule has 0 bridgehead atoms. The van der Waals surface area contributed by atoms with Crippen LogP contribution < -0.4 is 51.4 Å². The Kier molecular flexibility index (Phi) is 13.8. The van der Waals surface area contributed by atoms with E-state index in [0.29, 0.717) is 5.78 Å². The van der Waals surface area contributed by atoms with Gasteiger partial charge in [-0.1, -0.05) is 6.42 Å². The normalized spacial score (nSPS) is 18.3. The van der Waals surface area contributed by atoms with Crippen molar-refractivity contribution in [3.8, 4) is 0 Å². The average Bonchev–Trinajstić information content (AvgIpc) is 1.87. The van der Waals surface area contributed by atoms with E-state index in [-0.39, 0.29) is 51.4 Å². The molecule has 12 heavy (non-hydrogen) atoms. The maximum atomic E-state index is 10.5. The maximum absolute atomic E-state index is 10.5. The number of hydrogen-bond acceptors (Lipinski definition) is 3. The van der Waals surface area contributed by atoms with Crippen LogP contribution in [0.15, 0.2) is 0 Å². The molecule has 66 valence electrons. The molecule has 1 fully saturated rings. The Bertz CT molecular complexity index is 138. The van der Waals surface area contributed by atoms with Gasteiger partial charge in [-0.05, 0) is 12.8 Å². The largest absolute Gasteiger partial charge is 1.00 e. The van der Waals surface area contributed by atoms with Crippen molar-refractivity contribution in [1.82, 2.24) is 0 Å². The summed E-state index contributed by atoms with van der Waals surface area (Å²) in [6, 6.07) is 0. The van der Waals surface area contributed by atoms with Crippen LogP contribution in [0, 0.1) is 0 Å². The SMILES string of the molecule is O=C1CCCCC1.O=S([O-])O.[K+]. The summed E-state index contributed by atoms with van der Waals surface area (Å²) in [5.41, 5.74) is 0. The monoisotopic (exact) mass is 218 g/mol. The van der Waals surface area contributed by atoms with Crippen LogP contribution in [0.5, 0.6) is 0 Å². The van der Waals surface area contributed by atoms with Crippen LogP contribution in [0.2, 0.25) is 0 Å². The van der Waals surface area contributed by atoms with Crippen LogP contribution in [-0.4, -0.2) is 19.1 Å². The molecular weight excluding hydrogens is 207 g/mol. The Labute approximate surface area is 117 Å². The summed E-state index contributed by atoms with van der Waals surface area (Å²) in [6.45, 7) is 0. The molecule has 0 amide bonds. The molecule has 0 aromatic rings. The first-order chi connectivity index (χ1) is 5.13. The van der Waals surface area contributed by atoms with Crippen molar-refractivity contribution in [2.45, 2.75) is 32.1 Å². The topological polar surface area (TPSA) is 77.4 Å². The first kappa shape index (κ1) is 15.8. The van der Waals surface area contributed by atoms with Crippen LogP contribution in [0.25, 0.3) is 0 Å². The van der Waals surface area contributed by atoms with Gasteiger partial charge in [-0.15, -0.1) is 0 Å². The molecule has 0 aromatic carbocycles. The zero-order chi connectivity index (χ0) is 8.69. The second kappa shape index (κ2) is 10.5. The van der Waals surface area contributed by atoms with Crippen LogP contribution in [0.4, 0.5) is 0 Å². The third-order valence-electron chi connectivity index (χ3n) is 1.41. The molecule has 6 heteroatoms. The maximum Gasteiger partial charge on any atom is 1.00 e. The van der Waals surface area contributed by atoms with Gasteiger partial charge in [0.2, 0.25) is 0 Å². The predicted molar refractivity (Wildman–Crippen MR) is 39.6 cm³/mol. The van der Waals surface area contributed by atoms with E-state index in [1.54, 1.807) is 0 Å². The molecule has 0 aromatic heterocycles. The number of carbonyl (C=O) groups is 1. The van der Waals surface area contributed by atoms with Gasteiger partial charge in [-0.3, -0.25) is 4.79 Å². The van der Waals surface area contributed by atoms with Crippen molar-refractivity contribution in [1.29, 1.82) is 0 Å². The molecule has 1 aliphatic carbocycles. The van der Waals surface area contributed by atoms with Crippen LogP contribution in [0.1, 0.15) is 32.1 Å². The Morgan fingerprint density at radius 2 is 1.58 bits per heavy atom. The van der Waals surface area contributed by atoms with Gasteiger partial charge in [-0.25, -0.2) is 4.21 Å². The summed E-state index contributed by atoms with van der Waals surface area (Å²) in [4.78, 5) is 10.5. The Balaban J connectivity index is 0. The van der Waals surface area contributed by atoms with Crippen LogP contribution >= 0.6 is 0 Å². The molecule has 4 nitrogen and oxygen atoms in total. The number of hydrogen-bond donors (Lipinski definition) is 1. The van der Waals surface area contributed by atoms with Crippen molar-refractivity contribution in [3.05, 3.63) is 0 Å². The van der Waals surface area contributed by atoms with E-state index < -0.39 is 11.4 Å². The molecular formula is C6H11KO4S. The first-order valence-corrected chi connectivity index (χ1v) is 4.46. The fraction of sp³-hybridized carbons (Fsp3) is 0.833. The second-order valence-electron chi connectivity index (χ2n) is 2.32. The van der Waals surface area contributed by atoms with Gasteiger partial charge in [0.15, 0.2) is 0 Å². The van der Waals surface area contributed by atoms with Crippen LogP contribution in [0.3, 0.4) is 0 Å². The first-order valence-electron chi connectivity index (χ1n) is 3.43. The minimum Gasteiger partial charge on any atom is -0.750 e. The molecule has 0 spiro atoms. The van der Waals surface area contributed by atoms with E-state index in [1.165, 1.54) is 6.42 Å². The molecule has 0 aliphatic heterocycles. The van der Waals surface area contributed by atoms with E-state index in [1.807, 2.05) is 0 Å². The van der Waals surface area contributed by atoms with E-state index >= 15 is 0 Å².